The number of rotatable bonds is 5. The number of alkyl halides is 1. The van der Waals surface area contributed by atoms with Gasteiger partial charge in [0.25, 0.3) is 0 Å². The van der Waals surface area contributed by atoms with Crippen LogP contribution in [0.5, 0.6) is 0 Å². The highest BCUT2D eigenvalue weighted by molar-refractivity contribution is 6.18. The highest BCUT2D eigenvalue weighted by Gasteiger charge is 2.11. The zero-order valence-corrected chi connectivity index (χ0v) is 10.9. The van der Waals surface area contributed by atoms with Crippen molar-refractivity contribution in [1.29, 1.82) is 0 Å². The van der Waals surface area contributed by atoms with Crippen LogP contribution in [0.25, 0.3) is 0 Å². The molecule has 0 N–H and O–H groups in total. The van der Waals surface area contributed by atoms with Crippen LogP contribution < -0.4 is 0 Å². The van der Waals surface area contributed by atoms with Crippen LogP contribution in [0.4, 0.5) is 4.39 Å². The van der Waals surface area contributed by atoms with Gasteiger partial charge in [0.15, 0.2) is 0 Å². The van der Waals surface area contributed by atoms with Crippen molar-refractivity contribution >= 4 is 11.6 Å². The minimum atomic E-state index is -0.171. The molecular weight excluding hydrogens is 225 g/mol. The van der Waals surface area contributed by atoms with Crippen LogP contribution in [-0.2, 0) is 6.54 Å². The van der Waals surface area contributed by atoms with E-state index >= 15 is 0 Å². The summed E-state index contributed by atoms with van der Waals surface area (Å²) >= 11 is 5.76. The molecular formula is C13H19ClFN. The SMILES string of the molecule is Cc1ccc(F)cc1CN(CCCl)C(C)C. The number of benzene rings is 1. The van der Waals surface area contributed by atoms with Crippen molar-refractivity contribution in [1.82, 2.24) is 4.90 Å². The van der Waals surface area contributed by atoms with Crippen molar-refractivity contribution < 1.29 is 4.39 Å². The first kappa shape index (κ1) is 13.5. The van der Waals surface area contributed by atoms with Crippen LogP contribution >= 0.6 is 11.6 Å². The third kappa shape index (κ3) is 3.76. The Morgan fingerprint density at radius 3 is 2.62 bits per heavy atom. The smallest absolute Gasteiger partial charge is 0.123 e. The second-order valence-corrected chi connectivity index (χ2v) is 4.70. The number of nitrogens with zero attached hydrogens (tertiary/aromatic N) is 1. The predicted octanol–water partition coefficient (Wildman–Crippen LogP) is 3.58. The summed E-state index contributed by atoms with van der Waals surface area (Å²) in [4.78, 5) is 2.24. The van der Waals surface area contributed by atoms with Gasteiger partial charge in [0.1, 0.15) is 5.82 Å². The highest BCUT2D eigenvalue weighted by Crippen LogP contribution is 2.14. The maximum absolute atomic E-state index is 13.1. The van der Waals surface area contributed by atoms with Crippen molar-refractivity contribution in [2.45, 2.75) is 33.4 Å². The van der Waals surface area contributed by atoms with Crippen LogP contribution in [0.3, 0.4) is 0 Å². The summed E-state index contributed by atoms with van der Waals surface area (Å²) < 4.78 is 13.1. The molecule has 0 radical (unpaired) electrons. The van der Waals surface area contributed by atoms with Crippen LogP contribution in [-0.4, -0.2) is 23.4 Å². The van der Waals surface area contributed by atoms with Gasteiger partial charge in [-0.3, -0.25) is 4.90 Å². The average Bonchev–Trinajstić information content (AvgIpc) is 2.22. The van der Waals surface area contributed by atoms with Crippen LogP contribution in [0.15, 0.2) is 18.2 Å². The summed E-state index contributed by atoms with van der Waals surface area (Å²) in [6, 6.07) is 5.35. The molecule has 0 amide bonds. The Morgan fingerprint density at radius 1 is 1.38 bits per heavy atom. The van der Waals surface area contributed by atoms with E-state index < -0.39 is 0 Å². The lowest BCUT2D eigenvalue weighted by Crippen LogP contribution is -2.32. The lowest BCUT2D eigenvalue weighted by Gasteiger charge is -2.26. The lowest BCUT2D eigenvalue weighted by atomic mass is 10.1. The van der Waals surface area contributed by atoms with Gasteiger partial charge in [-0.25, -0.2) is 4.39 Å². The van der Waals surface area contributed by atoms with Gasteiger partial charge in [0.05, 0.1) is 0 Å². The van der Waals surface area contributed by atoms with Gasteiger partial charge in [0, 0.05) is 25.0 Å². The van der Waals surface area contributed by atoms with E-state index in [1.165, 1.54) is 6.07 Å². The first-order valence-electron chi connectivity index (χ1n) is 5.59. The second kappa shape index (κ2) is 6.21. The van der Waals surface area contributed by atoms with Gasteiger partial charge in [0.2, 0.25) is 0 Å². The minimum Gasteiger partial charge on any atom is -0.295 e. The molecule has 0 saturated heterocycles. The molecule has 1 aromatic rings. The largest absolute Gasteiger partial charge is 0.295 e. The highest BCUT2D eigenvalue weighted by atomic mass is 35.5. The van der Waals surface area contributed by atoms with Crippen molar-refractivity contribution in [3.63, 3.8) is 0 Å². The van der Waals surface area contributed by atoms with E-state index in [2.05, 4.69) is 18.7 Å². The average molecular weight is 244 g/mol. The maximum atomic E-state index is 13.1. The number of hydrogen-bond acceptors (Lipinski definition) is 1. The van der Waals surface area contributed by atoms with Crippen molar-refractivity contribution in [2.75, 3.05) is 12.4 Å². The predicted molar refractivity (Wildman–Crippen MR) is 67.4 cm³/mol. The fourth-order valence-electron chi connectivity index (χ4n) is 1.66. The van der Waals surface area contributed by atoms with E-state index in [0.29, 0.717) is 11.9 Å². The Kier molecular flexibility index (Phi) is 5.23. The summed E-state index contributed by atoms with van der Waals surface area (Å²) in [6.45, 7) is 7.85. The van der Waals surface area contributed by atoms with Crippen molar-refractivity contribution in [2.24, 2.45) is 0 Å². The monoisotopic (exact) mass is 243 g/mol. The first-order chi connectivity index (χ1) is 7.54. The van der Waals surface area contributed by atoms with E-state index in [4.69, 9.17) is 11.6 Å². The molecule has 1 rings (SSSR count). The number of hydrogen-bond donors (Lipinski definition) is 0. The van der Waals surface area contributed by atoms with E-state index in [1.54, 1.807) is 6.07 Å². The summed E-state index contributed by atoms with van der Waals surface area (Å²) in [6.07, 6.45) is 0. The Hall–Kier alpha value is -0.600. The summed E-state index contributed by atoms with van der Waals surface area (Å²) in [5.74, 6) is 0.433. The topological polar surface area (TPSA) is 3.24 Å². The molecule has 0 bridgehead atoms. The summed E-state index contributed by atoms with van der Waals surface area (Å²) in [7, 11) is 0. The Bertz CT molecular complexity index is 339. The summed E-state index contributed by atoms with van der Waals surface area (Å²) in [5.41, 5.74) is 2.17. The Labute approximate surface area is 102 Å². The molecule has 1 nitrogen and oxygen atoms in total. The maximum Gasteiger partial charge on any atom is 0.123 e. The molecule has 3 heteroatoms. The second-order valence-electron chi connectivity index (χ2n) is 4.32. The van der Waals surface area contributed by atoms with Crippen molar-refractivity contribution in [3.8, 4) is 0 Å². The molecule has 0 spiro atoms. The normalized spacial score (nSPS) is 11.4. The third-order valence-electron chi connectivity index (χ3n) is 2.79. The van der Waals surface area contributed by atoms with Gasteiger partial charge >= 0.3 is 0 Å². The first-order valence-corrected chi connectivity index (χ1v) is 6.13. The lowest BCUT2D eigenvalue weighted by molar-refractivity contribution is 0.225. The number of halogens is 2. The fourth-order valence-corrected chi connectivity index (χ4v) is 1.87. The zero-order chi connectivity index (χ0) is 12.1. The van der Waals surface area contributed by atoms with Gasteiger partial charge in [-0.05, 0) is 44.0 Å². The molecule has 0 unspecified atom stereocenters. The van der Waals surface area contributed by atoms with Gasteiger partial charge in [-0.1, -0.05) is 6.07 Å². The summed E-state index contributed by atoms with van der Waals surface area (Å²) in [5, 5.41) is 0. The third-order valence-corrected chi connectivity index (χ3v) is 2.96. The van der Waals surface area contributed by atoms with E-state index in [-0.39, 0.29) is 5.82 Å². The van der Waals surface area contributed by atoms with Gasteiger partial charge in [-0.2, -0.15) is 0 Å². The molecule has 0 saturated carbocycles. The molecule has 0 aromatic heterocycles. The molecule has 90 valence electrons. The molecule has 0 heterocycles. The van der Waals surface area contributed by atoms with Crippen LogP contribution in [0.2, 0.25) is 0 Å². The van der Waals surface area contributed by atoms with E-state index in [9.17, 15) is 4.39 Å². The number of aryl methyl sites for hydroxylation is 1. The standard InChI is InChI=1S/C13H19ClFN/c1-10(2)16(7-6-14)9-12-8-13(15)5-4-11(12)3/h4-5,8,10H,6-7,9H2,1-3H3. The van der Waals surface area contributed by atoms with E-state index in [0.717, 1.165) is 24.2 Å². The van der Waals surface area contributed by atoms with Gasteiger partial charge in [-0.15, -0.1) is 11.6 Å². The minimum absolute atomic E-state index is 0.171. The van der Waals surface area contributed by atoms with Crippen LogP contribution in [0, 0.1) is 12.7 Å². The quantitative estimate of drug-likeness (QED) is 0.715. The van der Waals surface area contributed by atoms with Crippen molar-refractivity contribution in [3.05, 3.63) is 35.1 Å². The van der Waals surface area contributed by atoms with Crippen LogP contribution in [0.1, 0.15) is 25.0 Å². The fraction of sp³-hybridized carbons (Fsp3) is 0.538. The molecule has 0 aliphatic heterocycles. The molecule has 0 aliphatic carbocycles. The Morgan fingerprint density at radius 2 is 2.06 bits per heavy atom. The molecule has 16 heavy (non-hydrogen) atoms. The Balaban J connectivity index is 2.80. The van der Waals surface area contributed by atoms with E-state index in [1.807, 2.05) is 13.0 Å². The molecule has 1 aromatic carbocycles. The molecule has 0 aliphatic rings. The zero-order valence-electron chi connectivity index (χ0n) is 10.1. The van der Waals surface area contributed by atoms with Gasteiger partial charge < -0.3 is 0 Å². The molecule has 0 atom stereocenters. The molecule has 0 fully saturated rings.